The number of halogens is 1. The highest BCUT2D eigenvalue weighted by Gasteiger charge is 2.31. The molecule has 11 heteroatoms. The van der Waals surface area contributed by atoms with E-state index in [4.69, 9.17) is 39.0 Å². The zero-order valence-corrected chi connectivity index (χ0v) is 21.0. The van der Waals surface area contributed by atoms with Gasteiger partial charge in [0.05, 0.1) is 31.4 Å². The normalized spacial score (nSPS) is 16.2. The van der Waals surface area contributed by atoms with Crippen LogP contribution in [0.15, 0.2) is 0 Å². The number of hydrogen-bond acceptors (Lipinski definition) is 7. The van der Waals surface area contributed by atoms with Gasteiger partial charge in [0.25, 0.3) is 0 Å². The topological polar surface area (TPSA) is 79.3 Å². The molecule has 0 spiro atoms. The molecule has 0 unspecified atom stereocenters. The van der Waals surface area contributed by atoms with Gasteiger partial charge in [-0.05, 0) is 34.6 Å². The van der Waals surface area contributed by atoms with Gasteiger partial charge in [-0.3, -0.25) is 4.79 Å². The third-order valence-electron chi connectivity index (χ3n) is 3.58. The van der Waals surface area contributed by atoms with Gasteiger partial charge in [0, 0.05) is 26.2 Å². The lowest BCUT2D eigenvalue weighted by Gasteiger charge is -2.31. The molecule has 0 amide bonds. The second-order valence-corrected chi connectivity index (χ2v) is 9.66. The van der Waals surface area contributed by atoms with Gasteiger partial charge in [0.2, 0.25) is 0 Å². The van der Waals surface area contributed by atoms with E-state index < -0.39 is 10.7 Å². The number of nitrogens with zero attached hydrogens (tertiary/aromatic N) is 2. The predicted octanol–water partition coefficient (Wildman–Crippen LogP) is 2.88. The number of aliphatic carboxylic acids is 1. The molecule has 2 aliphatic heterocycles. The molecule has 0 bridgehead atoms. The summed E-state index contributed by atoms with van der Waals surface area (Å²) in [6.07, 6.45) is 0. The molecule has 170 valence electrons. The molecule has 2 heterocycles. The van der Waals surface area contributed by atoms with Crippen molar-refractivity contribution in [1.29, 1.82) is 0 Å². The van der Waals surface area contributed by atoms with Gasteiger partial charge in [-0.15, -0.1) is 12.4 Å². The maximum atomic E-state index is 10.9. The average molecular weight is 489 g/mol. The molecule has 7 nitrogen and oxygen atoms in total. The Labute approximate surface area is 195 Å². The molecular weight excluding hydrogens is 456 g/mol. The lowest BCUT2D eigenvalue weighted by atomic mass is 10.2. The van der Waals surface area contributed by atoms with Crippen molar-refractivity contribution in [2.24, 2.45) is 0 Å². The van der Waals surface area contributed by atoms with Crippen molar-refractivity contribution in [2.45, 2.75) is 39.4 Å². The highest BCUT2D eigenvalue weighted by atomic mass is 35.5. The number of hydrogen-bond donors (Lipinski definition) is 1. The minimum Gasteiger partial charge on any atom is -0.480 e. The van der Waals surface area contributed by atoms with Crippen LogP contribution in [0.2, 0.25) is 0 Å². The summed E-state index contributed by atoms with van der Waals surface area (Å²) in [5.41, 5.74) is 0. The SMILES string of the molecule is CC(=S)N1CCOCC1.CC(C)(SC(=S)N1CCOCC1)C(=O)O.CC(C)=O.Cl. The van der Waals surface area contributed by atoms with E-state index in [9.17, 15) is 9.59 Å². The highest BCUT2D eigenvalue weighted by Crippen LogP contribution is 2.27. The fourth-order valence-electron chi connectivity index (χ4n) is 1.95. The van der Waals surface area contributed by atoms with E-state index in [0.717, 1.165) is 44.4 Å². The van der Waals surface area contributed by atoms with Crippen LogP contribution in [0.5, 0.6) is 0 Å². The van der Waals surface area contributed by atoms with Gasteiger partial charge in [0.15, 0.2) is 0 Å². The van der Waals surface area contributed by atoms with E-state index >= 15 is 0 Å². The molecule has 2 saturated heterocycles. The maximum absolute atomic E-state index is 10.9. The molecule has 1 N–H and O–H groups in total. The average Bonchev–Trinajstić information content (AvgIpc) is 2.63. The Hall–Kier alpha value is -0.520. The van der Waals surface area contributed by atoms with Crippen LogP contribution >= 0.6 is 48.6 Å². The molecule has 0 aromatic heterocycles. The Kier molecular flexibility index (Phi) is 17.1. The van der Waals surface area contributed by atoms with Crippen molar-refractivity contribution in [3.63, 3.8) is 0 Å². The van der Waals surface area contributed by atoms with Crippen LogP contribution in [-0.4, -0.2) is 93.3 Å². The van der Waals surface area contributed by atoms with Gasteiger partial charge >= 0.3 is 5.97 Å². The van der Waals surface area contributed by atoms with Gasteiger partial charge in [-0.25, -0.2) is 0 Å². The van der Waals surface area contributed by atoms with Gasteiger partial charge < -0.3 is 29.2 Å². The third-order valence-corrected chi connectivity index (χ3v) is 5.47. The Morgan fingerprint density at radius 3 is 1.52 bits per heavy atom. The Morgan fingerprint density at radius 1 is 0.897 bits per heavy atom. The number of ketones is 1. The van der Waals surface area contributed by atoms with Gasteiger partial charge in [-0.1, -0.05) is 36.2 Å². The van der Waals surface area contributed by atoms with E-state index in [1.807, 2.05) is 11.8 Å². The number of Topliss-reactive ketones (excluding diaryl/α,β-unsaturated/α-hetero) is 1. The zero-order chi connectivity index (χ0) is 21.7. The van der Waals surface area contributed by atoms with Crippen LogP contribution in [0.25, 0.3) is 0 Å². The van der Waals surface area contributed by atoms with Crippen molar-refractivity contribution in [3.8, 4) is 0 Å². The first-order valence-corrected chi connectivity index (χ1v) is 10.7. The number of carbonyl (C=O) groups excluding carboxylic acids is 1. The van der Waals surface area contributed by atoms with Gasteiger partial charge in [0.1, 0.15) is 14.9 Å². The second-order valence-electron chi connectivity index (χ2n) is 6.81. The molecule has 0 aromatic rings. The largest absolute Gasteiger partial charge is 0.480 e. The van der Waals surface area contributed by atoms with E-state index in [2.05, 4.69) is 4.90 Å². The van der Waals surface area contributed by atoms with Crippen LogP contribution in [0.3, 0.4) is 0 Å². The summed E-state index contributed by atoms with van der Waals surface area (Å²) in [4.78, 5) is 25.5. The Bertz CT molecular complexity index is 534. The standard InChI is InChI=1S/C9H15NO3S2.C6H11NOS.C3H6O.ClH/c1-9(2,7(11)12)15-8(14)10-3-5-13-6-4-10;1-6(9)7-2-4-8-5-3-7;1-3(2)4;/h3-6H2,1-2H3,(H,11,12);2-5H2,1H3;1-2H3;1H. The number of carboxylic acids is 1. The molecule has 0 saturated carbocycles. The molecule has 2 aliphatic rings. The summed E-state index contributed by atoms with van der Waals surface area (Å²) in [6, 6.07) is 0. The molecule has 29 heavy (non-hydrogen) atoms. The van der Waals surface area contributed by atoms with E-state index in [1.54, 1.807) is 13.8 Å². The molecule has 0 aromatic carbocycles. The molecule has 0 atom stereocenters. The first kappa shape index (κ1) is 30.7. The van der Waals surface area contributed by atoms with E-state index in [-0.39, 0.29) is 18.2 Å². The maximum Gasteiger partial charge on any atom is 0.319 e. The molecule has 0 aliphatic carbocycles. The van der Waals surface area contributed by atoms with Crippen LogP contribution in [0.4, 0.5) is 0 Å². The zero-order valence-electron chi connectivity index (χ0n) is 17.8. The molecule has 2 rings (SSSR count). The number of thioether (sulfide) groups is 1. The van der Waals surface area contributed by atoms with Crippen molar-refractivity contribution < 1.29 is 24.2 Å². The quantitative estimate of drug-likeness (QED) is 0.586. The number of thiocarbonyl (C=S) groups is 2. The number of carbonyl (C=O) groups is 2. The number of ether oxygens (including phenoxy) is 2. The van der Waals surface area contributed by atoms with Crippen molar-refractivity contribution in [3.05, 3.63) is 0 Å². The number of morpholine rings is 2. The molecular formula is C18H33ClN2O5S3. The van der Waals surface area contributed by atoms with Crippen LogP contribution in [0, 0.1) is 0 Å². The predicted molar refractivity (Wildman–Crippen MR) is 129 cm³/mol. The van der Waals surface area contributed by atoms with Gasteiger partial charge in [-0.2, -0.15) is 0 Å². The molecule has 2 fully saturated rings. The first-order valence-electron chi connectivity index (χ1n) is 9.07. The fourth-order valence-corrected chi connectivity index (χ4v) is 3.78. The summed E-state index contributed by atoms with van der Waals surface area (Å²) in [5.74, 6) is -0.678. The minimum atomic E-state index is -0.866. The monoisotopic (exact) mass is 488 g/mol. The lowest BCUT2D eigenvalue weighted by molar-refractivity contribution is -0.138. The van der Waals surface area contributed by atoms with Crippen molar-refractivity contribution in [1.82, 2.24) is 9.80 Å². The Morgan fingerprint density at radius 2 is 1.24 bits per heavy atom. The van der Waals surface area contributed by atoms with Crippen LogP contribution in [0.1, 0.15) is 34.6 Å². The van der Waals surface area contributed by atoms with Crippen molar-refractivity contribution >= 4 is 69.7 Å². The summed E-state index contributed by atoms with van der Waals surface area (Å²) in [7, 11) is 0. The number of carboxylic acid groups (broad SMARTS) is 1. The van der Waals surface area contributed by atoms with E-state index in [0.29, 0.717) is 17.5 Å². The summed E-state index contributed by atoms with van der Waals surface area (Å²) >= 11 is 11.4. The summed E-state index contributed by atoms with van der Waals surface area (Å²) < 4.78 is 10.1. The summed E-state index contributed by atoms with van der Waals surface area (Å²) in [5, 5.41) is 8.96. The third kappa shape index (κ3) is 15.0. The minimum absolute atomic E-state index is 0. The fraction of sp³-hybridized carbons (Fsp3) is 0.778. The summed E-state index contributed by atoms with van der Waals surface area (Å²) in [6.45, 7) is 14.7. The smallest absolute Gasteiger partial charge is 0.319 e. The van der Waals surface area contributed by atoms with Crippen LogP contribution < -0.4 is 0 Å². The Balaban J connectivity index is 0. The van der Waals surface area contributed by atoms with Crippen LogP contribution in [-0.2, 0) is 19.1 Å². The lowest BCUT2D eigenvalue weighted by Crippen LogP contribution is -2.41. The molecule has 0 radical (unpaired) electrons. The van der Waals surface area contributed by atoms with E-state index in [1.165, 1.54) is 25.6 Å². The second kappa shape index (κ2) is 16.2. The van der Waals surface area contributed by atoms with Crippen molar-refractivity contribution in [2.75, 3.05) is 52.6 Å². The first-order chi connectivity index (χ1) is 13.0. The number of rotatable bonds is 2. The highest BCUT2D eigenvalue weighted by molar-refractivity contribution is 8.24.